The second-order valence-corrected chi connectivity index (χ2v) is 5.59. The van der Waals surface area contributed by atoms with Crippen molar-refractivity contribution in [1.29, 1.82) is 0 Å². The van der Waals surface area contributed by atoms with Crippen LogP contribution in [0.25, 0.3) is 0 Å². The Kier molecular flexibility index (Phi) is 3.14. The Bertz CT molecular complexity index is 577. The van der Waals surface area contributed by atoms with Crippen LogP contribution in [0.2, 0.25) is 0 Å². The molecule has 2 aromatic rings. The van der Waals surface area contributed by atoms with E-state index in [1.165, 1.54) is 17.7 Å². The Hall–Kier alpha value is -1.26. The molecule has 2 N–H and O–H groups in total. The van der Waals surface area contributed by atoms with Crippen LogP contribution in [-0.2, 0) is 19.4 Å². The van der Waals surface area contributed by atoms with Gasteiger partial charge in [-0.3, -0.25) is 0 Å². The predicted octanol–water partition coefficient (Wildman–Crippen LogP) is 3.08. The number of rotatable bonds is 3. The van der Waals surface area contributed by atoms with Gasteiger partial charge in [-0.15, -0.1) is 0 Å². The van der Waals surface area contributed by atoms with E-state index in [4.69, 9.17) is 15.1 Å². The fraction of sp³-hybridized carbons (Fsp3) is 0.357. The molecule has 0 saturated carbocycles. The van der Waals surface area contributed by atoms with Gasteiger partial charge in [0.15, 0.2) is 0 Å². The minimum atomic E-state index is 0.541. The van der Waals surface area contributed by atoms with Crippen LogP contribution >= 0.6 is 11.8 Å². The lowest BCUT2D eigenvalue weighted by Crippen LogP contribution is -2.03. The second kappa shape index (κ2) is 4.78. The normalized spacial score (nSPS) is 13.9. The van der Waals surface area contributed by atoms with Crippen LogP contribution in [0.5, 0.6) is 0 Å². The van der Waals surface area contributed by atoms with E-state index in [2.05, 4.69) is 6.07 Å². The molecule has 0 aromatic carbocycles. The number of hydrogen-bond donors (Lipinski definition) is 1. The highest BCUT2D eigenvalue weighted by atomic mass is 32.2. The van der Waals surface area contributed by atoms with Gasteiger partial charge in [0.25, 0.3) is 0 Å². The van der Waals surface area contributed by atoms with Gasteiger partial charge in [0.2, 0.25) is 0 Å². The van der Waals surface area contributed by atoms with Crippen molar-refractivity contribution in [3.05, 3.63) is 41.0 Å². The SMILES string of the molecule is Cc1occc1Sc1nc2c(cc1CN)CCC2. The quantitative estimate of drug-likeness (QED) is 0.921. The minimum absolute atomic E-state index is 0.541. The van der Waals surface area contributed by atoms with Crippen molar-refractivity contribution in [1.82, 2.24) is 4.98 Å². The van der Waals surface area contributed by atoms with E-state index in [9.17, 15) is 0 Å². The van der Waals surface area contributed by atoms with Crippen LogP contribution < -0.4 is 5.73 Å². The molecule has 94 valence electrons. The van der Waals surface area contributed by atoms with Crippen LogP contribution in [0.15, 0.2) is 32.7 Å². The Morgan fingerprint density at radius 2 is 2.33 bits per heavy atom. The lowest BCUT2D eigenvalue weighted by molar-refractivity contribution is 0.527. The molecule has 1 aliphatic carbocycles. The summed E-state index contributed by atoms with van der Waals surface area (Å²) in [4.78, 5) is 5.90. The monoisotopic (exact) mass is 260 g/mol. The van der Waals surface area contributed by atoms with Crippen molar-refractivity contribution in [2.24, 2.45) is 5.73 Å². The third kappa shape index (κ3) is 2.06. The molecule has 0 fully saturated rings. The van der Waals surface area contributed by atoms with E-state index in [0.717, 1.165) is 34.1 Å². The zero-order valence-electron chi connectivity index (χ0n) is 10.4. The molecular weight excluding hydrogens is 244 g/mol. The third-order valence-electron chi connectivity index (χ3n) is 3.33. The molecule has 3 rings (SSSR count). The van der Waals surface area contributed by atoms with E-state index in [1.807, 2.05) is 13.0 Å². The molecular formula is C14H16N2OS. The van der Waals surface area contributed by atoms with E-state index in [-0.39, 0.29) is 0 Å². The Labute approximate surface area is 111 Å². The van der Waals surface area contributed by atoms with Crippen molar-refractivity contribution in [3.63, 3.8) is 0 Å². The topological polar surface area (TPSA) is 52.0 Å². The maximum atomic E-state index is 5.83. The molecule has 0 amide bonds. The summed E-state index contributed by atoms with van der Waals surface area (Å²) in [7, 11) is 0. The fourth-order valence-electron chi connectivity index (χ4n) is 2.32. The van der Waals surface area contributed by atoms with E-state index in [1.54, 1.807) is 18.0 Å². The van der Waals surface area contributed by atoms with E-state index in [0.29, 0.717) is 6.54 Å². The molecule has 0 spiro atoms. The number of nitrogens with zero attached hydrogens (tertiary/aromatic N) is 1. The number of fused-ring (bicyclic) bond motifs is 1. The Morgan fingerprint density at radius 1 is 1.44 bits per heavy atom. The first-order valence-corrected chi connectivity index (χ1v) is 7.03. The van der Waals surface area contributed by atoms with Crippen LogP contribution in [0.1, 0.15) is 29.0 Å². The van der Waals surface area contributed by atoms with E-state index >= 15 is 0 Å². The molecule has 0 atom stereocenters. The molecule has 3 nitrogen and oxygen atoms in total. The zero-order chi connectivity index (χ0) is 12.5. The molecule has 2 aromatic heterocycles. The fourth-order valence-corrected chi connectivity index (χ4v) is 3.27. The number of furan rings is 1. The summed E-state index contributed by atoms with van der Waals surface area (Å²) in [6, 6.07) is 4.21. The minimum Gasteiger partial charge on any atom is -0.468 e. The highest BCUT2D eigenvalue weighted by Crippen LogP contribution is 2.34. The standard InChI is InChI=1S/C14H16N2OS/c1-9-13(5-6-17-9)18-14-11(8-15)7-10-3-2-4-12(10)16-14/h5-7H,2-4,8,15H2,1H3. The summed E-state index contributed by atoms with van der Waals surface area (Å²) in [5.41, 5.74) is 9.60. The predicted molar refractivity (Wildman–Crippen MR) is 71.7 cm³/mol. The molecule has 0 unspecified atom stereocenters. The van der Waals surface area contributed by atoms with Gasteiger partial charge >= 0.3 is 0 Å². The van der Waals surface area contributed by atoms with Crippen LogP contribution in [-0.4, -0.2) is 4.98 Å². The van der Waals surface area contributed by atoms with Gasteiger partial charge in [-0.25, -0.2) is 4.98 Å². The highest BCUT2D eigenvalue weighted by molar-refractivity contribution is 7.99. The summed E-state index contributed by atoms with van der Waals surface area (Å²) in [5, 5.41) is 1.03. The highest BCUT2D eigenvalue weighted by Gasteiger charge is 2.17. The Balaban J connectivity index is 1.98. The van der Waals surface area contributed by atoms with Gasteiger partial charge < -0.3 is 10.2 Å². The lowest BCUT2D eigenvalue weighted by Gasteiger charge is -2.09. The van der Waals surface area contributed by atoms with Crippen molar-refractivity contribution in [2.45, 2.75) is 42.7 Å². The van der Waals surface area contributed by atoms with E-state index < -0.39 is 0 Å². The first-order valence-electron chi connectivity index (χ1n) is 6.21. The first kappa shape index (κ1) is 11.8. The lowest BCUT2D eigenvalue weighted by atomic mass is 10.1. The van der Waals surface area contributed by atoms with Gasteiger partial charge in [0.1, 0.15) is 10.8 Å². The number of aryl methyl sites for hydroxylation is 3. The second-order valence-electron chi connectivity index (χ2n) is 4.56. The molecule has 18 heavy (non-hydrogen) atoms. The average Bonchev–Trinajstić information content (AvgIpc) is 2.98. The average molecular weight is 260 g/mol. The summed E-state index contributed by atoms with van der Waals surface area (Å²) in [6.45, 7) is 2.51. The van der Waals surface area contributed by atoms with Crippen LogP contribution in [0.3, 0.4) is 0 Å². The molecule has 4 heteroatoms. The third-order valence-corrected chi connectivity index (χ3v) is 4.52. The van der Waals surface area contributed by atoms with Gasteiger partial charge in [-0.05, 0) is 43.4 Å². The van der Waals surface area contributed by atoms with Crippen molar-refractivity contribution >= 4 is 11.8 Å². The largest absolute Gasteiger partial charge is 0.468 e. The summed E-state index contributed by atoms with van der Waals surface area (Å²) in [6.07, 6.45) is 5.17. The summed E-state index contributed by atoms with van der Waals surface area (Å²) >= 11 is 1.65. The number of nitrogens with two attached hydrogens (primary N) is 1. The Morgan fingerprint density at radius 3 is 3.06 bits per heavy atom. The van der Waals surface area contributed by atoms with Crippen molar-refractivity contribution in [3.8, 4) is 0 Å². The first-order chi connectivity index (χ1) is 8.78. The smallest absolute Gasteiger partial charge is 0.114 e. The van der Waals surface area contributed by atoms with Gasteiger partial charge in [-0.1, -0.05) is 17.8 Å². The molecule has 2 heterocycles. The number of aromatic nitrogens is 1. The molecule has 0 radical (unpaired) electrons. The van der Waals surface area contributed by atoms with Crippen molar-refractivity contribution in [2.75, 3.05) is 0 Å². The van der Waals surface area contributed by atoms with Crippen molar-refractivity contribution < 1.29 is 4.42 Å². The van der Waals surface area contributed by atoms with Gasteiger partial charge in [-0.2, -0.15) is 0 Å². The van der Waals surface area contributed by atoms with Gasteiger partial charge in [0, 0.05) is 12.2 Å². The maximum Gasteiger partial charge on any atom is 0.114 e. The number of pyridine rings is 1. The maximum absolute atomic E-state index is 5.83. The number of hydrogen-bond acceptors (Lipinski definition) is 4. The summed E-state index contributed by atoms with van der Waals surface area (Å²) in [5.74, 6) is 0.935. The van der Waals surface area contributed by atoms with Crippen LogP contribution in [0.4, 0.5) is 0 Å². The van der Waals surface area contributed by atoms with Gasteiger partial charge in [0.05, 0.1) is 11.2 Å². The summed E-state index contributed by atoms with van der Waals surface area (Å²) < 4.78 is 5.32. The molecule has 0 aliphatic heterocycles. The zero-order valence-corrected chi connectivity index (χ0v) is 11.2. The van der Waals surface area contributed by atoms with Crippen LogP contribution in [0, 0.1) is 6.92 Å². The molecule has 0 bridgehead atoms. The molecule has 1 aliphatic rings. The molecule has 0 saturated heterocycles.